The number of halogens is 2. The van der Waals surface area contributed by atoms with E-state index in [1.54, 1.807) is 24.3 Å². The van der Waals surface area contributed by atoms with Crippen LogP contribution in [0.2, 0.25) is 10.0 Å². The highest BCUT2D eigenvalue weighted by Crippen LogP contribution is 2.26. The van der Waals surface area contributed by atoms with Crippen LogP contribution in [0.25, 0.3) is 6.08 Å². The Morgan fingerprint density at radius 2 is 2.14 bits per heavy atom. The topological polar surface area (TPSA) is 26.3 Å². The van der Waals surface area contributed by atoms with Crippen molar-refractivity contribution in [3.8, 4) is 0 Å². The molecule has 0 aliphatic heterocycles. The summed E-state index contributed by atoms with van der Waals surface area (Å²) in [6.45, 7) is 0.621. The summed E-state index contributed by atoms with van der Waals surface area (Å²) in [5.41, 5.74) is 0.800. The van der Waals surface area contributed by atoms with E-state index in [2.05, 4.69) is 4.74 Å². The normalized spacial score (nSPS) is 10.4. The first-order valence-corrected chi connectivity index (χ1v) is 4.67. The van der Waals surface area contributed by atoms with E-state index >= 15 is 0 Å². The van der Waals surface area contributed by atoms with Crippen molar-refractivity contribution in [2.75, 3.05) is 6.61 Å². The van der Waals surface area contributed by atoms with Crippen molar-refractivity contribution in [1.82, 2.24) is 0 Å². The van der Waals surface area contributed by atoms with E-state index in [1.165, 1.54) is 0 Å². The van der Waals surface area contributed by atoms with Gasteiger partial charge in [-0.05, 0) is 17.7 Å². The fourth-order valence-electron chi connectivity index (χ4n) is 0.919. The summed E-state index contributed by atoms with van der Waals surface area (Å²) in [5, 5.41) is 1.00. The Balaban J connectivity index is 2.71. The van der Waals surface area contributed by atoms with Crippen molar-refractivity contribution < 1.29 is 9.53 Å². The number of benzene rings is 1. The van der Waals surface area contributed by atoms with Gasteiger partial charge in [0.1, 0.15) is 6.61 Å². The Labute approximate surface area is 92.1 Å². The fraction of sp³-hybridized carbons (Fsp3) is 0.100. The molecule has 0 N–H and O–H groups in total. The highest BCUT2D eigenvalue weighted by atomic mass is 35.5. The van der Waals surface area contributed by atoms with Gasteiger partial charge in [-0.2, -0.15) is 0 Å². The van der Waals surface area contributed by atoms with E-state index in [-0.39, 0.29) is 6.61 Å². The number of carbonyl (C=O) groups excluding carboxylic acids is 1. The summed E-state index contributed by atoms with van der Waals surface area (Å²) < 4.78 is 4.48. The van der Waals surface area contributed by atoms with Crippen molar-refractivity contribution in [2.45, 2.75) is 0 Å². The summed E-state index contributed by atoms with van der Waals surface area (Å²) in [5.74, 6) is 0. The lowest BCUT2D eigenvalue weighted by Gasteiger charge is -1.99. The van der Waals surface area contributed by atoms with E-state index in [0.29, 0.717) is 16.5 Å². The first-order chi connectivity index (χ1) is 6.75. The van der Waals surface area contributed by atoms with E-state index in [1.807, 2.05) is 6.07 Å². The van der Waals surface area contributed by atoms with E-state index in [9.17, 15) is 4.79 Å². The van der Waals surface area contributed by atoms with Gasteiger partial charge in [-0.25, -0.2) is 0 Å². The van der Waals surface area contributed by atoms with Crippen LogP contribution in [0.5, 0.6) is 0 Å². The van der Waals surface area contributed by atoms with Crippen LogP contribution >= 0.6 is 23.2 Å². The number of carbonyl (C=O) groups is 1. The van der Waals surface area contributed by atoms with E-state index in [4.69, 9.17) is 23.2 Å². The van der Waals surface area contributed by atoms with Gasteiger partial charge in [0.25, 0.3) is 6.47 Å². The standard InChI is InChI=1S/C10H8Cl2O2/c11-9-5-1-3-8(10(9)12)4-2-6-14-7-13/h1-5,7H,6H2/b4-2+. The zero-order valence-electron chi connectivity index (χ0n) is 7.24. The van der Waals surface area contributed by atoms with Crippen LogP contribution in [0.15, 0.2) is 24.3 Å². The van der Waals surface area contributed by atoms with Crippen LogP contribution in [-0.2, 0) is 9.53 Å². The van der Waals surface area contributed by atoms with Gasteiger partial charge >= 0.3 is 0 Å². The molecule has 0 unspecified atom stereocenters. The monoisotopic (exact) mass is 230 g/mol. The summed E-state index contributed by atoms with van der Waals surface area (Å²) in [6.07, 6.45) is 3.43. The molecule has 1 aromatic carbocycles. The molecule has 0 atom stereocenters. The molecule has 4 heteroatoms. The van der Waals surface area contributed by atoms with E-state index in [0.717, 1.165) is 5.56 Å². The van der Waals surface area contributed by atoms with Crippen LogP contribution in [0.1, 0.15) is 5.56 Å². The molecule has 14 heavy (non-hydrogen) atoms. The quantitative estimate of drug-likeness (QED) is 0.587. The van der Waals surface area contributed by atoms with Gasteiger partial charge < -0.3 is 4.74 Å². The molecule has 0 spiro atoms. The van der Waals surface area contributed by atoms with Gasteiger partial charge in [-0.15, -0.1) is 0 Å². The van der Waals surface area contributed by atoms with Crippen LogP contribution in [0, 0.1) is 0 Å². The number of rotatable bonds is 4. The lowest BCUT2D eigenvalue weighted by Crippen LogP contribution is -1.85. The molecule has 0 heterocycles. The Morgan fingerprint density at radius 1 is 1.36 bits per heavy atom. The van der Waals surface area contributed by atoms with E-state index < -0.39 is 0 Å². The second-order valence-electron chi connectivity index (χ2n) is 2.47. The van der Waals surface area contributed by atoms with Crippen molar-refractivity contribution in [3.05, 3.63) is 39.9 Å². The molecule has 1 aromatic rings. The summed E-state index contributed by atoms with van der Waals surface area (Å²) in [6, 6.07) is 5.34. The molecule has 0 radical (unpaired) electrons. The highest BCUT2D eigenvalue weighted by Gasteiger charge is 1.99. The molecule has 0 aliphatic carbocycles. The number of hydrogen-bond donors (Lipinski definition) is 0. The lowest BCUT2D eigenvalue weighted by molar-refractivity contribution is -0.127. The second-order valence-corrected chi connectivity index (χ2v) is 3.26. The van der Waals surface area contributed by atoms with Crippen LogP contribution in [0.4, 0.5) is 0 Å². The molecule has 0 saturated carbocycles. The maximum absolute atomic E-state index is 9.83. The van der Waals surface area contributed by atoms with Gasteiger partial charge in [0.05, 0.1) is 10.0 Å². The number of hydrogen-bond acceptors (Lipinski definition) is 2. The zero-order valence-corrected chi connectivity index (χ0v) is 8.76. The van der Waals surface area contributed by atoms with Crippen LogP contribution in [0.3, 0.4) is 0 Å². The Bertz CT molecular complexity index is 348. The maximum Gasteiger partial charge on any atom is 0.293 e. The Kier molecular flexibility index (Phi) is 4.50. The number of ether oxygens (including phenoxy) is 1. The Morgan fingerprint density at radius 3 is 2.86 bits per heavy atom. The third-order valence-corrected chi connectivity index (χ3v) is 2.37. The van der Waals surface area contributed by atoms with Gasteiger partial charge in [-0.3, -0.25) is 4.79 Å². The van der Waals surface area contributed by atoms with Crippen LogP contribution in [-0.4, -0.2) is 13.1 Å². The molecule has 0 aliphatic rings. The highest BCUT2D eigenvalue weighted by molar-refractivity contribution is 6.42. The smallest absolute Gasteiger partial charge is 0.293 e. The summed E-state index contributed by atoms with van der Waals surface area (Å²) in [4.78, 5) is 9.83. The minimum absolute atomic E-state index is 0.229. The van der Waals surface area contributed by atoms with Gasteiger partial charge in [0.15, 0.2) is 0 Å². The van der Waals surface area contributed by atoms with Crippen molar-refractivity contribution >= 4 is 35.8 Å². The van der Waals surface area contributed by atoms with Gasteiger partial charge in [-0.1, -0.05) is 41.4 Å². The second kappa shape index (κ2) is 5.68. The van der Waals surface area contributed by atoms with Gasteiger partial charge in [0.2, 0.25) is 0 Å². The average molecular weight is 231 g/mol. The molecule has 0 saturated heterocycles. The molecular formula is C10H8Cl2O2. The predicted octanol–water partition coefficient (Wildman–Crippen LogP) is 3.18. The molecule has 0 aromatic heterocycles. The largest absolute Gasteiger partial charge is 0.464 e. The van der Waals surface area contributed by atoms with Crippen molar-refractivity contribution in [3.63, 3.8) is 0 Å². The molecule has 74 valence electrons. The summed E-state index contributed by atoms with van der Waals surface area (Å²) >= 11 is 11.7. The lowest BCUT2D eigenvalue weighted by atomic mass is 10.2. The summed E-state index contributed by atoms with van der Waals surface area (Å²) in [7, 11) is 0. The molecule has 2 nitrogen and oxygen atoms in total. The SMILES string of the molecule is O=COC/C=C/c1cccc(Cl)c1Cl. The third-order valence-electron chi connectivity index (χ3n) is 1.54. The molecule has 0 amide bonds. The Hall–Kier alpha value is -0.990. The average Bonchev–Trinajstić information content (AvgIpc) is 2.19. The minimum Gasteiger partial charge on any atom is -0.464 e. The third kappa shape index (κ3) is 3.05. The minimum atomic E-state index is 0.229. The first-order valence-electron chi connectivity index (χ1n) is 3.91. The maximum atomic E-state index is 9.83. The molecule has 0 fully saturated rings. The fourth-order valence-corrected chi connectivity index (χ4v) is 1.29. The predicted molar refractivity (Wildman–Crippen MR) is 57.5 cm³/mol. The van der Waals surface area contributed by atoms with Gasteiger partial charge in [0, 0.05) is 0 Å². The molecule has 1 rings (SSSR count). The first kappa shape index (κ1) is 11.1. The van der Waals surface area contributed by atoms with Crippen molar-refractivity contribution in [2.24, 2.45) is 0 Å². The molecule has 0 bridgehead atoms. The van der Waals surface area contributed by atoms with Crippen LogP contribution < -0.4 is 0 Å². The molecular weight excluding hydrogens is 223 g/mol. The zero-order chi connectivity index (χ0) is 10.4. The van der Waals surface area contributed by atoms with Crippen molar-refractivity contribution in [1.29, 1.82) is 0 Å².